The first kappa shape index (κ1) is 24.6. The molecule has 0 radical (unpaired) electrons. The monoisotopic (exact) mass is 531 g/mol. The second-order valence-electron chi connectivity index (χ2n) is 9.52. The highest BCUT2D eigenvalue weighted by Gasteiger charge is 2.19. The summed E-state index contributed by atoms with van der Waals surface area (Å²) in [5, 5.41) is 17.8. The van der Waals surface area contributed by atoms with Crippen molar-refractivity contribution in [1.82, 2.24) is 19.9 Å². The number of nitrogens with one attached hydrogen (secondary N) is 1. The Balaban J connectivity index is 1.20. The standard InChI is InChI=1S/C28H29N5O4S/c1-2-33-15-23(27(35)31-29-13-18-3-6-25-26(11-18)37-17-36-25)22-12-19(4-5-24(22)33)28-30-20(16-38-28)14-32-9-7-21(34)8-10-32/h3-6,11-13,15-16,21,34H,2,7-10,14,17H2,1H3,(H,31,35)/b29-13+. The fourth-order valence-corrected chi connectivity index (χ4v) is 5.72. The van der Waals surface area contributed by atoms with Crippen molar-refractivity contribution in [3.05, 3.63) is 64.8 Å². The van der Waals surface area contributed by atoms with Crippen molar-refractivity contribution in [2.45, 2.75) is 39.0 Å². The summed E-state index contributed by atoms with van der Waals surface area (Å²) in [6.07, 6.45) is 4.91. The number of hydrogen-bond donors (Lipinski definition) is 2. The minimum atomic E-state index is -0.275. The Morgan fingerprint density at radius 2 is 2.05 bits per heavy atom. The van der Waals surface area contributed by atoms with Gasteiger partial charge < -0.3 is 19.1 Å². The molecule has 0 bridgehead atoms. The molecule has 0 spiro atoms. The summed E-state index contributed by atoms with van der Waals surface area (Å²) in [5.74, 6) is 1.09. The van der Waals surface area contributed by atoms with Gasteiger partial charge in [-0.25, -0.2) is 10.4 Å². The van der Waals surface area contributed by atoms with Gasteiger partial charge in [-0.15, -0.1) is 11.3 Å². The number of nitrogens with zero attached hydrogens (tertiary/aromatic N) is 4. The van der Waals surface area contributed by atoms with Gasteiger partial charge in [0.25, 0.3) is 5.91 Å². The number of likely N-dealkylation sites (tertiary alicyclic amines) is 1. The molecule has 10 heteroatoms. The molecular weight excluding hydrogens is 502 g/mol. The highest BCUT2D eigenvalue weighted by Crippen LogP contribution is 2.32. The Labute approximate surface area is 224 Å². The van der Waals surface area contributed by atoms with E-state index < -0.39 is 0 Å². The predicted octanol–water partition coefficient (Wildman–Crippen LogP) is 4.23. The van der Waals surface area contributed by atoms with Crippen molar-refractivity contribution in [3.8, 4) is 22.1 Å². The molecule has 2 aliphatic rings. The summed E-state index contributed by atoms with van der Waals surface area (Å²) in [7, 11) is 0. The average Bonchev–Trinajstić information content (AvgIpc) is 3.68. The van der Waals surface area contributed by atoms with E-state index in [9.17, 15) is 9.90 Å². The number of fused-ring (bicyclic) bond motifs is 2. The lowest BCUT2D eigenvalue weighted by Gasteiger charge is -2.28. The van der Waals surface area contributed by atoms with E-state index in [0.29, 0.717) is 17.1 Å². The van der Waals surface area contributed by atoms with Crippen molar-refractivity contribution in [1.29, 1.82) is 0 Å². The zero-order chi connectivity index (χ0) is 26.1. The molecule has 4 heterocycles. The maximum Gasteiger partial charge on any atom is 0.273 e. The fraction of sp³-hybridized carbons (Fsp3) is 0.321. The topological polar surface area (TPSA) is 101 Å². The Kier molecular flexibility index (Phi) is 6.84. The third-order valence-electron chi connectivity index (χ3n) is 6.98. The molecular formula is C28H29N5O4S. The minimum Gasteiger partial charge on any atom is -0.454 e. The number of amides is 1. The number of hydrogen-bond acceptors (Lipinski definition) is 8. The lowest BCUT2D eigenvalue weighted by atomic mass is 10.1. The normalized spacial score (nSPS) is 16.1. The van der Waals surface area contributed by atoms with Crippen LogP contribution in [-0.2, 0) is 13.1 Å². The minimum absolute atomic E-state index is 0.180. The maximum atomic E-state index is 13.1. The van der Waals surface area contributed by atoms with Crippen molar-refractivity contribution < 1.29 is 19.4 Å². The van der Waals surface area contributed by atoms with Gasteiger partial charge in [-0.05, 0) is 61.7 Å². The van der Waals surface area contributed by atoms with E-state index in [-0.39, 0.29) is 18.8 Å². The zero-order valence-corrected chi connectivity index (χ0v) is 21.9. The molecule has 2 aromatic carbocycles. The largest absolute Gasteiger partial charge is 0.454 e. The number of aliphatic hydroxyl groups excluding tert-OH is 1. The maximum absolute atomic E-state index is 13.1. The highest BCUT2D eigenvalue weighted by atomic mass is 32.1. The molecule has 196 valence electrons. The van der Waals surface area contributed by atoms with Gasteiger partial charge in [-0.1, -0.05) is 0 Å². The summed E-state index contributed by atoms with van der Waals surface area (Å²) < 4.78 is 12.8. The van der Waals surface area contributed by atoms with Gasteiger partial charge in [-0.2, -0.15) is 5.10 Å². The average molecular weight is 532 g/mol. The lowest BCUT2D eigenvalue weighted by Crippen LogP contribution is -2.35. The second-order valence-corrected chi connectivity index (χ2v) is 10.4. The highest BCUT2D eigenvalue weighted by molar-refractivity contribution is 7.13. The van der Waals surface area contributed by atoms with Gasteiger partial charge in [0.1, 0.15) is 5.01 Å². The van der Waals surface area contributed by atoms with Gasteiger partial charge in [-0.3, -0.25) is 9.69 Å². The third kappa shape index (κ3) is 5.02. The van der Waals surface area contributed by atoms with E-state index in [1.165, 1.54) is 0 Å². The number of aliphatic hydroxyl groups is 1. The van der Waals surface area contributed by atoms with Crippen LogP contribution in [0.5, 0.6) is 11.5 Å². The van der Waals surface area contributed by atoms with Crippen LogP contribution in [0.15, 0.2) is 53.1 Å². The number of piperidine rings is 1. The SMILES string of the molecule is CCn1cc(C(=O)N/N=C/c2ccc3c(c2)OCO3)c2cc(-c3nc(CN4CCC(O)CC4)cs3)ccc21. The molecule has 2 aromatic heterocycles. The summed E-state index contributed by atoms with van der Waals surface area (Å²) in [6, 6.07) is 11.7. The first-order valence-corrected chi connectivity index (χ1v) is 13.7. The number of benzene rings is 2. The number of thiazole rings is 1. The molecule has 9 nitrogen and oxygen atoms in total. The van der Waals surface area contributed by atoms with Crippen LogP contribution in [0.25, 0.3) is 21.5 Å². The summed E-state index contributed by atoms with van der Waals surface area (Å²) in [5.41, 5.74) is 7.03. The molecule has 38 heavy (non-hydrogen) atoms. The lowest BCUT2D eigenvalue weighted by molar-refractivity contribution is 0.0787. The molecule has 2 N–H and O–H groups in total. The van der Waals surface area contributed by atoms with E-state index in [4.69, 9.17) is 14.5 Å². The Bertz CT molecular complexity index is 1500. The molecule has 2 aliphatic heterocycles. The molecule has 1 amide bonds. The van der Waals surface area contributed by atoms with Crippen LogP contribution in [0, 0.1) is 0 Å². The number of carbonyl (C=O) groups excluding carboxylic acids is 1. The van der Waals surface area contributed by atoms with E-state index in [1.54, 1.807) is 17.6 Å². The van der Waals surface area contributed by atoms with Crippen LogP contribution in [-0.4, -0.2) is 57.7 Å². The van der Waals surface area contributed by atoms with Crippen LogP contribution in [0.3, 0.4) is 0 Å². The van der Waals surface area contributed by atoms with Crippen LogP contribution in [0.4, 0.5) is 0 Å². The van der Waals surface area contributed by atoms with Crippen molar-refractivity contribution in [3.63, 3.8) is 0 Å². The Morgan fingerprint density at radius 1 is 1.21 bits per heavy atom. The van der Waals surface area contributed by atoms with E-state index in [0.717, 1.165) is 71.8 Å². The summed E-state index contributed by atoms with van der Waals surface area (Å²) in [6.45, 7) is 5.57. The Morgan fingerprint density at radius 3 is 2.89 bits per heavy atom. The first-order valence-electron chi connectivity index (χ1n) is 12.8. The number of aryl methyl sites for hydroxylation is 1. The number of rotatable bonds is 7. The van der Waals surface area contributed by atoms with Gasteiger partial charge in [0.15, 0.2) is 11.5 Å². The summed E-state index contributed by atoms with van der Waals surface area (Å²) in [4.78, 5) is 20.4. The predicted molar refractivity (Wildman–Crippen MR) is 147 cm³/mol. The van der Waals surface area contributed by atoms with Gasteiger partial charge in [0.2, 0.25) is 6.79 Å². The molecule has 0 saturated carbocycles. The van der Waals surface area contributed by atoms with Crippen LogP contribution in [0.2, 0.25) is 0 Å². The number of aromatic nitrogens is 2. The van der Waals surface area contributed by atoms with E-state index in [2.05, 4.69) is 38.4 Å². The van der Waals surface area contributed by atoms with Gasteiger partial charge >= 0.3 is 0 Å². The van der Waals surface area contributed by atoms with Crippen molar-refractivity contribution >= 4 is 34.4 Å². The smallest absolute Gasteiger partial charge is 0.273 e. The van der Waals surface area contributed by atoms with Crippen molar-refractivity contribution in [2.24, 2.45) is 5.10 Å². The van der Waals surface area contributed by atoms with Crippen LogP contribution < -0.4 is 14.9 Å². The number of hydrazone groups is 1. The first-order chi connectivity index (χ1) is 18.6. The summed E-state index contributed by atoms with van der Waals surface area (Å²) >= 11 is 1.61. The van der Waals surface area contributed by atoms with Gasteiger partial charge in [0.05, 0.1) is 23.6 Å². The van der Waals surface area contributed by atoms with Gasteiger partial charge in [0, 0.05) is 54.2 Å². The molecule has 0 aliphatic carbocycles. The van der Waals surface area contributed by atoms with Crippen LogP contribution >= 0.6 is 11.3 Å². The third-order valence-corrected chi connectivity index (χ3v) is 7.92. The fourth-order valence-electron chi connectivity index (χ4n) is 4.91. The molecule has 1 fully saturated rings. The molecule has 0 atom stereocenters. The number of carbonyl (C=O) groups is 1. The zero-order valence-electron chi connectivity index (χ0n) is 21.1. The van der Waals surface area contributed by atoms with Crippen molar-refractivity contribution in [2.75, 3.05) is 19.9 Å². The molecule has 1 saturated heterocycles. The van der Waals surface area contributed by atoms with Crippen LogP contribution in [0.1, 0.15) is 41.4 Å². The molecule has 0 unspecified atom stereocenters. The Hall–Kier alpha value is -3.73. The quantitative estimate of drug-likeness (QED) is 0.273. The molecule has 6 rings (SSSR count). The van der Waals surface area contributed by atoms with E-state index in [1.807, 2.05) is 36.5 Å². The molecule has 4 aromatic rings. The number of ether oxygens (including phenoxy) is 2. The second kappa shape index (κ2) is 10.6. The van der Waals surface area contributed by atoms with E-state index >= 15 is 0 Å².